The van der Waals surface area contributed by atoms with E-state index >= 15 is 0 Å². The van der Waals surface area contributed by atoms with Gasteiger partial charge < -0.3 is 10.1 Å². The molecule has 3 aromatic carbocycles. The highest BCUT2D eigenvalue weighted by Gasteiger charge is 2.38. The molecule has 1 atom stereocenters. The van der Waals surface area contributed by atoms with Crippen LogP contribution < -0.4 is 10.1 Å². The van der Waals surface area contributed by atoms with E-state index < -0.39 is 16.2 Å². The Morgan fingerprint density at radius 1 is 0.926 bits per heavy atom. The first-order valence-corrected chi connectivity index (χ1v) is 10.1. The van der Waals surface area contributed by atoms with Crippen molar-refractivity contribution < 1.29 is 13.2 Å². The third-order valence-electron chi connectivity index (χ3n) is 4.67. The Kier molecular flexibility index (Phi) is 4.59. The quantitative estimate of drug-likeness (QED) is 0.743. The van der Waals surface area contributed by atoms with Crippen LogP contribution in [0.15, 0.2) is 83.8 Å². The summed E-state index contributed by atoms with van der Waals surface area (Å²) < 4.78 is 33.5. The lowest BCUT2D eigenvalue weighted by atomic mass is 10.1. The van der Waals surface area contributed by atoms with Crippen LogP contribution in [-0.4, -0.2) is 19.8 Å². The molecule has 0 fully saturated rings. The third kappa shape index (κ3) is 3.29. The molecular formula is C21H20N2O3S. The number of hydrogen-bond acceptors (Lipinski definition) is 4. The molecule has 0 spiro atoms. The molecule has 0 amide bonds. The van der Waals surface area contributed by atoms with Gasteiger partial charge in [0.25, 0.3) is 0 Å². The Balaban J connectivity index is 1.81. The van der Waals surface area contributed by atoms with Gasteiger partial charge in [0.1, 0.15) is 16.8 Å². The van der Waals surface area contributed by atoms with Crippen LogP contribution in [0.25, 0.3) is 0 Å². The first kappa shape index (κ1) is 17.6. The fourth-order valence-electron chi connectivity index (χ4n) is 3.27. The molecule has 0 radical (unpaired) electrons. The second-order valence-corrected chi connectivity index (χ2v) is 8.21. The molecule has 4 rings (SSSR count). The van der Waals surface area contributed by atoms with Crippen LogP contribution in [0.1, 0.15) is 17.3 Å². The van der Waals surface area contributed by atoms with Gasteiger partial charge in [-0.2, -0.15) is 4.31 Å². The van der Waals surface area contributed by atoms with Gasteiger partial charge in [-0.05, 0) is 35.4 Å². The highest BCUT2D eigenvalue weighted by atomic mass is 32.2. The van der Waals surface area contributed by atoms with Crippen LogP contribution in [0.5, 0.6) is 5.75 Å². The number of methoxy groups -OCH3 is 1. The van der Waals surface area contributed by atoms with Crippen molar-refractivity contribution in [3.8, 4) is 5.75 Å². The smallest absolute Gasteiger partial charge is 0.247 e. The fourth-order valence-corrected chi connectivity index (χ4v) is 4.95. The summed E-state index contributed by atoms with van der Waals surface area (Å²) in [6.45, 7) is 0.279. The number of anilines is 1. The number of fused-ring (bicyclic) bond motifs is 1. The number of para-hydroxylation sites is 1. The minimum Gasteiger partial charge on any atom is -0.497 e. The van der Waals surface area contributed by atoms with E-state index in [2.05, 4.69) is 5.32 Å². The predicted octanol–water partition coefficient (Wildman–Crippen LogP) is 4.01. The summed E-state index contributed by atoms with van der Waals surface area (Å²) in [5.74, 6) is 0.729. The average Bonchev–Trinajstić information content (AvgIpc) is 2.71. The normalized spacial score (nSPS) is 18.3. The van der Waals surface area contributed by atoms with E-state index in [4.69, 9.17) is 4.74 Å². The molecule has 3 aromatic rings. The van der Waals surface area contributed by atoms with E-state index in [0.29, 0.717) is 10.6 Å². The van der Waals surface area contributed by atoms with Crippen molar-refractivity contribution in [2.24, 2.45) is 0 Å². The van der Waals surface area contributed by atoms with Gasteiger partial charge in [0.15, 0.2) is 0 Å². The lowest BCUT2D eigenvalue weighted by Gasteiger charge is -2.37. The predicted molar refractivity (Wildman–Crippen MR) is 105 cm³/mol. The molecule has 6 heteroatoms. The van der Waals surface area contributed by atoms with E-state index in [9.17, 15) is 8.42 Å². The summed E-state index contributed by atoms with van der Waals surface area (Å²) in [7, 11) is -2.05. The SMILES string of the molecule is COc1ccc(C2Nc3ccccc3S(=O)(=O)N2Cc2ccccc2)cc1. The van der Waals surface area contributed by atoms with Gasteiger partial charge in [-0.15, -0.1) is 0 Å². The van der Waals surface area contributed by atoms with Crippen molar-refractivity contribution in [1.82, 2.24) is 4.31 Å². The van der Waals surface area contributed by atoms with Crippen molar-refractivity contribution in [2.75, 3.05) is 12.4 Å². The number of benzene rings is 3. The number of sulfonamides is 1. The van der Waals surface area contributed by atoms with Gasteiger partial charge in [0, 0.05) is 6.54 Å². The highest BCUT2D eigenvalue weighted by Crippen LogP contribution is 2.39. The van der Waals surface area contributed by atoms with E-state index in [1.807, 2.05) is 60.7 Å². The summed E-state index contributed by atoms with van der Waals surface area (Å²) in [6.07, 6.45) is -0.504. The van der Waals surface area contributed by atoms with Gasteiger partial charge in [0.2, 0.25) is 10.0 Å². The number of nitrogens with zero attached hydrogens (tertiary/aromatic N) is 1. The Morgan fingerprint density at radius 3 is 2.30 bits per heavy atom. The van der Waals surface area contributed by atoms with E-state index in [0.717, 1.165) is 16.9 Å². The minimum atomic E-state index is -3.65. The van der Waals surface area contributed by atoms with Gasteiger partial charge >= 0.3 is 0 Å². The molecule has 0 aromatic heterocycles. The fraction of sp³-hybridized carbons (Fsp3) is 0.143. The average molecular weight is 380 g/mol. The number of nitrogens with one attached hydrogen (secondary N) is 1. The molecule has 27 heavy (non-hydrogen) atoms. The maximum Gasteiger partial charge on any atom is 0.247 e. The van der Waals surface area contributed by atoms with Crippen LogP contribution in [-0.2, 0) is 16.6 Å². The number of rotatable bonds is 4. The maximum absolute atomic E-state index is 13.4. The van der Waals surface area contributed by atoms with Crippen LogP contribution >= 0.6 is 0 Å². The summed E-state index contributed by atoms with van der Waals surface area (Å²) >= 11 is 0. The second kappa shape index (κ2) is 7.06. The Hall–Kier alpha value is -2.83. The molecule has 1 N–H and O–H groups in total. The van der Waals surface area contributed by atoms with Crippen molar-refractivity contribution in [2.45, 2.75) is 17.6 Å². The molecule has 1 unspecified atom stereocenters. The summed E-state index contributed by atoms with van der Waals surface area (Å²) in [5.41, 5.74) is 2.40. The zero-order valence-corrected chi connectivity index (χ0v) is 15.7. The molecule has 5 nitrogen and oxygen atoms in total. The van der Waals surface area contributed by atoms with Gasteiger partial charge in [0.05, 0.1) is 12.8 Å². The molecule has 0 saturated carbocycles. The summed E-state index contributed by atoms with van der Waals surface area (Å²) in [4.78, 5) is 0.297. The monoisotopic (exact) mass is 380 g/mol. The molecule has 0 aliphatic carbocycles. The van der Waals surface area contributed by atoms with Gasteiger partial charge in [-0.25, -0.2) is 8.42 Å². The van der Waals surface area contributed by atoms with E-state index in [1.54, 1.807) is 25.3 Å². The van der Waals surface area contributed by atoms with E-state index in [1.165, 1.54) is 4.31 Å². The molecule has 1 aliphatic heterocycles. The van der Waals surface area contributed by atoms with Crippen LogP contribution in [0, 0.1) is 0 Å². The van der Waals surface area contributed by atoms with Crippen LogP contribution in [0.3, 0.4) is 0 Å². The highest BCUT2D eigenvalue weighted by molar-refractivity contribution is 7.89. The Morgan fingerprint density at radius 2 is 1.59 bits per heavy atom. The van der Waals surface area contributed by atoms with Crippen LogP contribution in [0.2, 0.25) is 0 Å². The summed E-state index contributed by atoms with van der Waals surface area (Å²) in [6, 6.07) is 24.1. The topological polar surface area (TPSA) is 58.6 Å². The number of hydrogen-bond donors (Lipinski definition) is 1. The van der Waals surface area contributed by atoms with Crippen molar-refractivity contribution in [1.29, 1.82) is 0 Å². The number of ether oxygens (including phenoxy) is 1. The minimum absolute atomic E-state index is 0.279. The van der Waals surface area contributed by atoms with Crippen molar-refractivity contribution in [3.63, 3.8) is 0 Å². The van der Waals surface area contributed by atoms with Crippen molar-refractivity contribution in [3.05, 3.63) is 90.0 Å². The lowest BCUT2D eigenvalue weighted by Crippen LogP contribution is -2.42. The Bertz CT molecular complexity index is 1030. The van der Waals surface area contributed by atoms with Gasteiger partial charge in [-0.3, -0.25) is 0 Å². The first-order chi connectivity index (χ1) is 13.1. The summed E-state index contributed by atoms with van der Waals surface area (Å²) in [5, 5.41) is 3.38. The molecule has 1 aliphatic rings. The van der Waals surface area contributed by atoms with Crippen LogP contribution in [0.4, 0.5) is 5.69 Å². The Labute approximate surface area is 159 Å². The zero-order chi connectivity index (χ0) is 18.9. The molecule has 0 saturated heterocycles. The molecule has 0 bridgehead atoms. The van der Waals surface area contributed by atoms with Gasteiger partial charge in [-0.1, -0.05) is 54.6 Å². The molecular weight excluding hydrogens is 360 g/mol. The zero-order valence-electron chi connectivity index (χ0n) is 14.9. The largest absolute Gasteiger partial charge is 0.497 e. The van der Waals surface area contributed by atoms with E-state index in [-0.39, 0.29) is 6.54 Å². The lowest BCUT2D eigenvalue weighted by molar-refractivity contribution is 0.336. The third-order valence-corrected chi connectivity index (χ3v) is 6.54. The standard InChI is InChI=1S/C21H20N2O3S/c1-26-18-13-11-17(12-14-18)21-22-19-9-5-6-10-20(19)27(24,25)23(21)15-16-7-3-2-4-8-16/h2-14,21-22H,15H2,1H3. The van der Waals surface area contributed by atoms with Crippen molar-refractivity contribution >= 4 is 15.7 Å². The maximum atomic E-state index is 13.4. The molecule has 138 valence electrons. The first-order valence-electron chi connectivity index (χ1n) is 8.65. The second-order valence-electron chi connectivity index (χ2n) is 6.35. The molecule has 1 heterocycles.